The van der Waals surface area contributed by atoms with Gasteiger partial charge in [0.05, 0.1) is 17.8 Å². The molecule has 1 saturated heterocycles. The lowest BCUT2D eigenvalue weighted by molar-refractivity contribution is -0.124. The van der Waals surface area contributed by atoms with Gasteiger partial charge in [-0.15, -0.1) is 0 Å². The van der Waals surface area contributed by atoms with Crippen LogP contribution in [0.4, 0.5) is 0 Å². The lowest BCUT2D eigenvalue weighted by Crippen LogP contribution is -2.34. The third kappa shape index (κ3) is 2.94. The highest BCUT2D eigenvalue weighted by Gasteiger charge is 2.58. The number of aliphatic hydroxyl groups excluding tert-OH is 1. The monoisotopic (exact) mass is 318 g/mol. The summed E-state index contributed by atoms with van der Waals surface area (Å²) >= 11 is 0. The molecule has 3 rings (SSSR count). The Kier molecular flexibility index (Phi) is 4.09. The van der Waals surface area contributed by atoms with Crippen LogP contribution in [0.25, 0.3) is 0 Å². The summed E-state index contributed by atoms with van der Waals surface area (Å²) < 4.78 is 5.94. The topological polar surface area (TPSA) is 49.8 Å². The molecule has 0 aromatic heterocycles. The number of allylic oxidation sites excluding steroid dienone is 3. The number of ether oxygens (including phenoxy) is 1. The van der Waals surface area contributed by atoms with Crippen LogP contribution in [0, 0.1) is 17.3 Å². The summed E-state index contributed by atoms with van der Waals surface area (Å²) in [4.78, 5) is 12.8. The van der Waals surface area contributed by atoms with E-state index in [9.17, 15) is 9.90 Å². The second kappa shape index (κ2) is 5.56. The van der Waals surface area contributed by atoms with Crippen LogP contribution < -0.4 is 0 Å². The van der Waals surface area contributed by atoms with Crippen LogP contribution in [-0.2, 0) is 9.53 Å². The second-order valence-electron chi connectivity index (χ2n) is 8.58. The van der Waals surface area contributed by atoms with Crippen molar-refractivity contribution in [1.82, 2.24) is 0 Å². The molecule has 3 nitrogen and oxygen atoms in total. The van der Waals surface area contributed by atoms with Crippen LogP contribution in [0.2, 0.25) is 0 Å². The van der Waals surface area contributed by atoms with Gasteiger partial charge in [-0.1, -0.05) is 38.0 Å². The molecule has 1 N–H and O–H groups in total. The molecule has 0 aromatic rings. The van der Waals surface area contributed by atoms with E-state index >= 15 is 0 Å². The Bertz CT molecular complexity index is 573. The summed E-state index contributed by atoms with van der Waals surface area (Å²) in [5, 5.41) is 10.3. The molecular formula is C20H30O3. The molecule has 2 aliphatic carbocycles. The van der Waals surface area contributed by atoms with Gasteiger partial charge in [0.1, 0.15) is 0 Å². The minimum Gasteiger partial charge on any atom is -0.389 e. The van der Waals surface area contributed by atoms with Crippen molar-refractivity contribution < 1.29 is 14.6 Å². The minimum absolute atomic E-state index is 0.0836. The molecule has 0 unspecified atom stereocenters. The van der Waals surface area contributed by atoms with Crippen molar-refractivity contribution in [2.45, 2.75) is 78.1 Å². The van der Waals surface area contributed by atoms with Crippen LogP contribution in [-0.4, -0.2) is 28.7 Å². The third-order valence-electron chi connectivity index (χ3n) is 6.26. The minimum atomic E-state index is -0.452. The molecule has 1 aliphatic heterocycles. The lowest BCUT2D eigenvalue weighted by atomic mass is 9.68. The molecule has 0 spiro atoms. The molecule has 0 amide bonds. The zero-order valence-electron chi connectivity index (χ0n) is 15.1. The third-order valence-corrected chi connectivity index (χ3v) is 6.26. The first-order valence-electron chi connectivity index (χ1n) is 8.95. The van der Waals surface area contributed by atoms with Crippen LogP contribution in [0.5, 0.6) is 0 Å². The maximum absolute atomic E-state index is 12.8. The van der Waals surface area contributed by atoms with Gasteiger partial charge in [-0.05, 0) is 51.0 Å². The number of carbonyl (C=O) groups excluding carboxylic acids is 1. The standard InChI is InChI=1S/C20H30O3/c1-12(2)15-9-17(22)19(4)11-18-20(5,23-18)10-14(21)8-13(3)6-7-16(15)19/h8-9,12,14,16,18,21H,6-7,10-11H2,1-5H3/b13-8-/t14-,16-,18-,19+,20-/m0/s1. The summed E-state index contributed by atoms with van der Waals surface area (Å²) in [6.07, 6.45) is 6.82. The molecule has 0 aromatic carbocycles. The fourth-order valence-corrected chi connectivity index (χ4v) is 4.62. The van der Waals surface area contributed by atoms with Crippen molar-refractivity contribution in [2.75, 3.05) is 0 Å². The summed E-state index contributed by atoms with van der Waals surface area (Å²) in [7, 11) is 0. The Morgan fingerprint density at radius 3 is 2.65 bits per heavy atom. The van der Waals surface area contributed by atoms with E-state index in [-0.39, 0.29) is 22.9 Å². The van der Waals surface area contributed by atoms with Crippen LogP contribution in [0.15, 0.2) is 23.3 Å². The van der Waals surface area contributed by atoms with Crippen molar-refractivity contribution >= 4 is 5.78 Å². The lowest BCUT2D eigenvalue weighted by Gasteiger charge is -2.33. The predicted octanol–water partition coefficient (Wildman–Crippen LogP) is 3.81. The van der Waals surface area contributed by atoms with Gasteiger partial charge in [-0.3, -0.25) is 4.79 Å². The highest BCUT2D eigenvalue weighted by molar-refractivity contribution is 5.98. The number of epoxide rings is 1. The smallest absolute Gasteiger partial charge is 0.162 e. The van der Waals surface area contributed by atoms with E-state index in [1.165, 1.54) is 11.1 Å². The summed E-state index contributed by atoms with van der Waals surface area (Å²) in [6.45, 7) is 10.6. The van der Waals surface area contributed by atoms with E-state index in [4.69, 9.17) is 4.74 Å². The SMILES string of the molecule is C/C1=C/[C@H](O)C[C@]2(C)O[C@H]2C[C@@]2(C)C(=O)C=C(C(C)C)[C@@H]2CC1. The Balaban J connectivity index is 1.94. The molecule has 128 valence electrons. The van der Waals surface area contributed by atoms with Crippen molar-refractivity contribution in [1.29, 1.82) is 0 Å². The van der Waals surface area contributed by atoms with Crippen molar-refractivity contribution in [3.8, 4) is 0 Å². The molecule has 3 aliphatic rings. The van der Waals surface area contributed by atoms with Gasteiger partial charge in [0.2, 0.25) is 0 Å². The van der Waals surface area contributed by atoms with Gasteiger partial charge in [-0.2, -0.15) is 0 Å². The Morgan fingerprint density at radius 1 is 1.30 bits per heavy atom. The Labute approximate surface area is 139 Å². The predicted molar refractivity (Wildman–Crippen MR) is 91.0 cm³/mol. The number of hydrogen-bond acceptors (Lipinski definition) is 3. The van der Waals surface area contributed by atoms with Gasteiger partial charge in [0.15, 0.2) is 5.78 Å². The fraction of sp³-hybridized carbons (Fsp3) is 0.750. The van der Waals surface area contributed by atoms with Crippen LogP contribution in [0.3, 0.4) is 0 Å². The van der Waals surface area contributed by atoms with Gasteiger partial charge >= 0.3 is 0 Å². The summed E-state index contributed by atoms with van der Waals surface area (Å²) in [5.74, 6) is 0.963. The van der Waals surface area contributed by atoms with E-state index in [0.717, 1.165) is 19.3 Å². The van der Waals surface area contributed by atoms with E-state index < -0.39 is 6.10 Å². The van der Waals surface area contributed by atoms with Crippen LogP contribution in [0.1, 0.15) is 60.3 Å². The number of fused-ring (bicyclic) bond motifs is 2. The van der Waals surface area contributed by atoms with Crippen molar-refractivity contribution in [3.63, 3.8) is 0 Å². The molecule has 0 radical (unpaired) electrons. The first kappa shape index (κ1) is 16.9. The van der Waals surface area contributed by atoms with Gasteiger partial charge in [0, 0.05) is 11.8 Å². The maximum Gasteiger partial charge on any atom is 0.162 e. The fourth-order valence-electron chi connectivity index (χ4n) is 4.62. The van der Waals surface area contributed by atoms with E-state index in [0.29, 0.717) is 18.3 Å². The van der Waals surface area contributed by atoms with Crippen LogP contribution >= 0.6 is 0 Å². The second-order valence-corrected chi connectivity index (χ2v) is 8.58. The highest BCUT2D eigenvalue weighted by Crippen LogP contribution is 2.54. The molecule has 1 fully saturated rings. The molecule has 0 saturated carbocycles. The van der Waals surface area contributed by atoms with Crippen molar-refractivity contribution in [3.05, 3.63) is 23.3 Å². The summed E-state index contributed by atoms with van der Waals surface area (Å²) in [5.41, 5.74) is 1.88. The highest BCUT2D eigenvalue weighted by atomic mass is 16.6. The molecule has 5 atom stereocenters. The zero-order chi connectivity index (χ0) is 17.0. The van der Waals surface area contributed by atoms with E-state index in [2.05, 4.69) is 34.6 Å². The Hall–Kier alpha value is -0.930. The number of hydrogen-bond donors (Lipinski definition) is 1. The van der Waals surface area contributed by atoms with E-state index in [1.54, 1.807) is 0 Å². The van der Waals surface area contributed by atoms with E-state index in [1.807, 2.05) is 12.2 Å². The zero-order valence-corrected chi connectivity index (χ0v) is 15.1. The first-order valence-corrected chi connectivity index (χ1v) is 8.95. The van der Waals surface area contributed by atoms with Crippen molar-refractivity contribution in [2.24, 2.45) is 17.3 Å². The maximum atomic E-state index is 12.8. The Morgan fingerprint density at radius 2 is 2.00 bits per heavy atom. The molecule has 1 heterocycles. The summed E-state index contributed by atoms with van der Waals surface area (Å²) in [6, 6.07) is 0. The largest absolute Gasteiger partial charge is 0.389 e. The molecular weight excluding hydrogens is 288 g/mol. The normalized spacial score (nSPS) is 46.4. The number of aliphatic hydroxyl groups is 1. The number of rotatable bonds is 1. The van der Waals surface area contributed by atoms with Gasteiger partial charge in [0.25, 0.3) is 0 Å². The average molecular weight is 318 g/mol. The first-order chi connectivity index (χ1) is 10.7. The molecule has 0 bridgehead atoms. The number of carbonyl (C=O) groups is 1. The number of ketones is 1. The van der Waals surface area contributed by atoms with Gasteiger partial charge < -0.3 is 9.84 Å². The molecule has 3 heteroatoms. The molecule has 23 heavy (non-hydrogen) atoms. The quantitative estimate of drug-likeness (QED) is 0.591. The average Bonchev–Trinajstić information content (AvgIpc) is 2.95. The van der Waals surface area contributed by atoms with Gasteiger partial charge in [-0.25, -0.2) is 0 Å².